The Kier molecular flexibility index (Phi) is 3.73. The van der Waals surface area contributed by atoms with Crippen LogP contribution in [-0.2, 0) is 0 Å². The molecule has 0 saturated heterocycles. The van der Waals surface area contributed by atoms with Crippen molar-refractivity contribution in [3.8, 4) is 6.07 Å². The quantitative estimate of drug-likeness (QED) is 0.765. The van der Waals surface area contributed by atoms with E-state index in [1.165, 1.54) is 0 Å². The monoisotopic (exact) mass is 191 g/mol. The molecule has 0 spiro atoms. The molecule has 0 bridgehead atoms. The molecule has 0 aliphatic heterocycles. The van der Waals surface area contributed by atoms with Crippen LogP contribution in [0.5, 0.6) is 0 Å². The molecule has 2 N–H and O–H groups in total. The number of H-pyrrole nitrogens is 1. The smallest absolute Gasteiger partial charge is 0.0695 e. The van der Waals surface area contributed by atoms with Gasteiger partial charge < -0.3 is 10.3 Å². The maximum absolute atomic E-state index is 9.09. The van der Waals surface area contributed by atoms with Crippen LogP contribution in [0.1, 0.15) is 25.6 Å². The molecule has 1 rings (SSSR count). The van der Waals surface area contributed by atoms with Crippen LogP contribution in [0.2, 0.25) is 0 Å². The molecule has 0 amide bonds. The van der Waals surface area contributed by atoms with Crippen LogP contribution in [0.15, 0.2) is 18.3 Å². The maximum atomic E-state index is 9.09. The zero-order valence-corrected chi connectivity index (χ0v) is 8.91. The van der Waals surface area contributed by atoms with Crippen LogP contribution >= 0.6 is 0 Å². The summed E-state index contributed by atoms with van der Waals surface area (Å²) in [6, 6.07) is 6.41. The van der Waals surface area contributed by atoms with Crippen molar-refractivity contribution in [3.05, 3.63) is 24.0 Å². The fourth-order valence-electron chi connectivity index (χ4n) is 1.67. The van der Waals surface area contributed by atoms with Gasteiger partial charge in [-0.1, -0.05) is 13.8 Å². The topological polar surface area (TPSA) is 51.6 Å². The van der Waals surface area contributed by atoms with Crippen LogP contribution < -0.4 is 5.32 Å². The van der Waals surface area contributed by atoms with Crippen molar-refractivity contribution >= 4 is 0 Å². The predicted molar refractivity (Wildman–Crippen MR) is 56.5 cm³/mol. The van der Waals surface area contributed by atoms with Crippen LogP contribution in [0.4, 0.5) is 0 Å². The van der Waals surface area contributed by atoms with Crippen molar-refractivity contribution in [1.29, 1.82) is 5.26 Å². The first-order chi connectivity index (χ1) is 6.70. The zero-order valence-electron chi connectivity index (χ0n) is 8.91. The molecular weight excluding hydrogens is 174 g/mol. The fourth-order valence-corrected chi connectivity index (χ4v) is 1.67. The molecule has 3 nitrogen and oxygen atoms in total. The SMILES string of the molecule is CNC(c1ccc[nH]1)C(C#N)C(C)C. The Hall–Kier alpha value is -1.27. The first kappa shape index (κ1) is 10.8. The Bertz CT molecular complexity index is 295. The third kappa shape index (κ3) is 2.15. The minimum absolute atomic E-state index is 0.00125. The van der Waals surface area contributed by atoms with Crippen molar-refractivity contribution in [1.82, 2.24) is 10.3 Å². The summed E-state index contributed by atoms with van der Waals surface area (Å²) in [6.07, 6.45) is 1.88. The molecule has 2 atom stereocenters. The second kappa shape index (κ2) is 4.83. The lowest BCUT2D eigenvalue weighted by atomic mass is 9.88. The lowest BCUT2D eigenvalue weighted by molar-refractivity contribution is 0.358. The molecule has 1 aromatic rings. The molecule has 0 aromatic carbocycles. The van der Waals surface area contributed by atoms with Crippen molar-refractivity contribution < 1.29 is 0 Å². The van der Waals surface area contributed by atoms with E-state index in [4.69, 9.17) is 5.26 Å². The van der Waals surface area contributed by atoms with E-state index in [0.29, 0.717) is 5.92 Å². The Labute approximate surface area is 85.1 Å². The van der Waals surface area contributed by atoms with E-state index in [2.05, 4.69) is 30.2 Å². The summed E-state index contributed by atoms with van der Waals surface area (Å²) in [5.74, 6) is 0.347. The van der Waals surface area contributed by atoms with Gasteiger partial charge >= 0.3 is 0 Å². The highest BCUT2D eigenvalue weighted by Gasteiger charge is 2.24. The van der Waals surface area contributed by atoms with Gasteiger partial charge in [-0.3, -0.25) is 0 Å². The van der Waals surface area contributed by atoms with Crippen LogP contribution in [0, 0.1) is 23.2 Å². The minimum atomic E-state index is -0.00125. The number of hydrogen-bond acceptors (Lipinski definition) is 2. The third-order valence-electron chi connectivity index (χ3n) is 2.49. The van der Waals surface area contributed by atoms with Gasteiger partial charge in [0.2, 0.25) is 0 Å². The second-order valence-electron chi connectivity index (χ2n) is 3.79. The van der Waals surface area contributed by atoms with E-state index >= 15 is 0 Å². The number of hydrogen-bond donors (Lipinski definition) is 2. The number of aromatic nitrogens is 1. The summed E-state index contributed by atoms with van der Waals surface area (Å²) in [4.78, 5) is 3.14. The highest BCUT2D eigenvalue weighted by Crippen LogP contribution is 2.25. The number of nitriles is 1. The van der Waals surface area contributed by atoms with Crippen molar-refractivity contribution in [2.45, 2.75) is 19.9 Å². The molecule has 76 valence electrons. The van der Waals surface area contributed by atoms with Gasteiger partial charge in [-0.15, -0.1) is 0 Å². The molecule has 0 fully saturated rings. The summed E-state index contributed by atoms with van der Waals surface area (Å²) in [7, 11) is 1.89. The molecule has 3 heteroatoms. The highest BCUT2D eigenvalue weighted by molar-refractivity contribution is 5.13. The normalized spacial score (nSPS) is 15.1. The van der Waals surface area contributed by atoms with Crippen LogP contribution in [0.3, 0.4) is 0 Å². The molecule has 0 saturated carbocycles. The molecule has 1 aromatic heterocycles. The van der Waals surface area contributed by atoms with Gasteiger partial charge in [0.1, 0.15) is 0 Å². The summed E-state index contributed by atoms with van der Waals surface area (Å²) in [6.45, 7) is 4.14. The average molecular weight is 191 g/mol. The van der Waals surface area contributed by atoms with E-state index in [-0.39, 0.29) is 12.0 Å². The summed E-state index contributed by atoms with van der Waals surface area (Å²) < 4.78 is 0. The van der Waals surface area contributed by atoms with E-state index in [1.54, 1.807) is 0 Å². The first-order valence-electron chi connectivity index (χ1n) is 4.91. The number of aromatic amines is 1. The molecule has 0 aliphatic rings. The minimum Gasteiger partial charge on any atom is -0.364 e. The van der Waals surface area contributed by atoms with Gasteiger partial charge in [-0.05, 0) is 25.1 Å². The third-order valence-corrected chi connectivity index (χ3v) is 2.49. The molecule has 0 radical (unpaired) electrons. The van der Waals surface area contributed by atoms with Gasteiger partial charge in [0.05, 0.1) is 18.0 Å². The molecule has 2 unspecified atom stereocenters. The molecule has 14 heavy (non-hydrogen) atoms. The summed E-state index contributed by atoms with van der Waals surface area (Å²) >= 11 is 0. The lowest BCUT2D eigenvalue weighted by Gasteiger charge is -2.23. The van der Waals surface area contributed by atoms with Crippen molar-refractivity contribution in [3.63, 3.8) is 0 Å². The van der Waals surface area contributed by atoms with Crippen LogP contribution in [-0.4, -0.2) is 12.0 Å². The predicted octanol–water partition coefficient (Wildman–Crippen LogP) is 2.07. The van der Waals surface area contributed by atoms with E-state index in [0.717, 1.165) is 5.69 Å². The highest BCUT2D eigenvalue weighted by atomic mass is 14.9. The van der Waals surface area contributed by atoms with Crippen molar-refractivity contribution in [2.75, 3.05) is 7.05 Å². The van der Waals surface area contributed by atoms with E-state index < -0.39 is 0 Å². The van der Waals surface area contributed by atoms with Crippen LogP contribution in [0.25, 0.3) is 0 Å². The standard InChI is InChI=1S/C11H17N3/c1-8(2)9(7-12)11(13-3)10-5-4-6-14-10/h4-6,8-9,11,13-14H,1-3H3. The maximum Gasteiger partial charge on any atom is 0.0695 e. The average Bonchev–Trinajstić information content (AvgIpc) is 2.65. The lowest BCUT2D eigenvalue weighted by Crippen LogP contribution is -2.27. The van der Waals surface area contributed by atoms with Crippen molar-refractivity contribution in [2.24, 2.45) is 11.8 Å². The first-order valence-corrected chi connectivity index (χ1v) is 4.91. The molecular formula is C11H17N3. The van der Waals surface area contributed by atoms with Gasteiger partial charge in [-0.25, -0.2) is 0 Å². The second-order valence-corrected chi connectivity index (χ2v) is 3.79. The zero-order chi connectivity index (χ0) is 10.6. The summed E-state index contributed by atoms with van der Waals surface area (Å²) in [5, 5.41) is 12.3. The van der Waals surface area contributed by atoms with Gasteiger partial charge in [0, 0.05) is 11.9 Å². The molecule has 0 aliphatic carbocycles. The number of nitrogens with one attached hydrogen (secondary N) is 2. The summed E-state index contributed by atoms with van der Waals surface area (Å²) in [5.41, 5.74) is 1.08. The van der Waals surface area contributed by atoms with Gasteiger partial charge in [0.25, 0.3) is 0 Å². The Morgan fingerprint density at radius 1 is 1.50 bits per heavy atom. The fraction of sp³-hybridized carbons (Fsp3) is 0.545. The number of rotatable bonds is 4. The largest absolute Gasteiger partial charge is 0.364 e. The van der Waals surface area contributed by atoms with E-state index in [9.17, 15) is 0 Å². The van der Waals surface area contributed by atoms with Gasteiger partial charge in [-0.2, -0.15) is 5.26 Å². The molecule has 1 heterocycles. The Balaban J connectivity index is 2.86. The van der Waals surface area contributed by atoms with Gasteiger partial charge in [0.15, 0.2) is 0 Å². The Morgan fingerprint density at radius 3 is 2.57 bits per heavy atom. The number of nitrogens with zero attached hydrogens (tertiary/aromatic N) is 1. The van der Waals surface area contributed by atoms with E-state index in [1.807, 2.05) is 25.4 Å². The Morgan fingerprint density at radius 2 is 2.21 bits per heavy atom.